The molecule has 3 N–H and O–H groups in total. The predicted octanol–water partition coefficient (Wildman–Crippen LogP) is 3.91. The molecule has 0 fully saturated rings. The van der Waals surface area contributed by atoms with E-state index in [1.54, 1.807) is 18.2 Å². The molecule has 0 bridgehead atoms. The van der Waals surface area contributed by atoms with Gasteiger partial charge in [-0.05, 0) is 24.6 Å². The molecule has 3 rings (SSSR count). The third-order valence-electron chi connectivity index (χ3n) is 5.09. The quantitative estimate of drug-likeness (QED) is 0.385. The Morgan fingerprint density at radius 2 is 1.74 bits per heavy atom. The Hall–Kier alpha value is -3.58. The van der Waals surface area contributed by atoms with Crippen molar-refractivity contribution in [1.29, 1.82) is 0 Å². The molecule has 0 saturated heterocycles. The van der Waals surface area contributed by atoms with Gasteiger partial charge in [-0.3, -0.25) is 14.3 Å². The Balaban J connectivity index is 1.55. The average molecular weight is 504 g/mol. The maximum absolute atomic E-state index is 12.4. The third kappa shape index (κ3) is 7.72. The van der Waals surface area contributed by atoms with Crippen LogP contribution in [-0.4, -0.2) is 43.9 Å². The highest BCUT2D eigenvalue weighted by molar-refractivity contribution is 5.95. The first-order valence-electron chi connectivity index (χ1n) is 10.5. The van der Waals surface area contributed by atoms with Gasteiger partial charge < -0.3 is 15.6 Å². The van der Waals surface area contributed by atoms with Crippen molar-refractivity contribution in [3.05, 3.63) is 47.0 Å². The molecule has 14 heteroatoms. The number of hydrogen-bond acceptors (Lipinski definition) is 4. The molecule has 3 aromatic rings. The van der Waals surface area contributed by atoms with Crippen LogP contribution >= 0.6 is 0 Å². The van der Waals surface area contributed by atoms with Crippen molar-refractivity contribution >= 4 is 22.8 Å². The van der Waals surface area contributed by atoms with Crippen LogP contribution in [0.4, 0.5) is 26.3 Å². The lowest BCUT2D eigenvalue weighted by molar-refractivity contribution is -0.144. The lowest BCUT2D eigenvalue weighted by Gasteiger charge is -2.08. The molecular formula is C21H22F6N6O2. The molecule has 1 aromatic carbocycles. The van der Waals surface area contributed by atoms with E-state index in [-0.39, 0.29) is 18.7 Å². The molecule has 0 aliphatic heterocycles. The Labute approximate surface area is 195 Å². The number of hydrogen-bond donors (Lipinski definition) is 3. The zero-order chi connectivity index (χ0) is 25.8. The van der Waals surface area contributed by atoms with Crippen LogP contribution in [0.5, 0.6) is 0 Å². The number of rotatable bonds is 9. The number of carbonyl (C=O) groups is 2. The lowest BCUT2D eigenvalue weighted by atomic mass is 10.2. The van der Waals surface area contributed by atoms with Crippen molar-refractivity contribution in [1.82, 2.24) is 30.4 Å². The molecule has 0 aliphatic carbocycles. The molecule has 2 aromatic heterocycles. The van der Waals surface area contributed by atoms with Crippen molar-refractivity contribution in [2.45, 2.75) is 58.2 Å². The third-order valence-corrected chi connectivity index (χ3v) is 5.09. The Morgan fingerprint density at radius 1 is 1.03 bits per heavy atom. The van der Waals surface area contributed by atoms with Gasteiger partial charge in [0, 0.05) is 25.2 Å². The minimum atomic E-state index is -4.40. The van der Waals surface area contributed by atoms with Crippen LogP contribution < -0.4 is 10.6 Å². The van der Waals surface area contributed by atoms with Gasteiger partial charge in [0.05, 0.1) is 42.2 Å². The summed E-state index contributed by atoms with van der Waals surface area (Å²) in [4.78, 5) is 31.3. The number of nitrogens with one attached hydrogen (secondary N) is 3. The molecule has 0 saturated carbocycles. The van der Waals surface area contributed by atoms with E-state index in [1.165, 1.54) is 13.1 Å². The van der Waals surface area contributed by atoms with Gasteiger partial charge in [-0.2, -0.15) is 31.4 Å². The number of H-pyrrole nitrogens is 1. The Bertz CT molecular complexity index is 1200. The zero-order valence-electron chi connectivity index (χ0n) is 18.5. The number of halogens is 6. The van der Waals surface area contributed by atoms with E-state index in [9.17, 15) is 35.9 Å². The smallest absolute Gasteiger partial charge is 0.352 e. The second kappa shape index (κ2) is 10.4. The molecule has 2 heterocycles. The predicted molar refractivity (Wildman–Crippen MR) is 112 cm³/mol. The van der Waals surface area contributed by atoms with Crippen molar-refractivity contribution in [3.8, 4) is 0 Å². The number of fused-ring (bicyclic) bond motifs is 1. The van der Waals surface area contributed by atoms with E-state index in [0.29, 0.717) is 28.1 Å². The first-order valence-corrected chi connectivity index (χ1v) is 10.5. The maximum Gasteiger partial charge on any atom is 0.390 e. The highest BCUT2D eigenvalue weighted by Gasteiger charge is 2.28. The number of aromatic amines is 1. The second-order valence-electron chi connectivity index (χ2n) is 7.84. The van der Waals surface area contributed by atoms with E-state index in [2.05, 4.69) is 25.7 Å². The molecule has 0 unspecified atom stereocenters. The van der Waals surface area contributed by atoms with Crippen molar-refractivity contribution in [2.24, 2.45) is 0 Å². The summed E-state index contributed by atoms with van der Waals surface area (Å²) in [5.74, 6) is -0.835. The maximum atomic E-state index is 12.4. The number of carbonyl (C=O) groups excluding carboxylic acids is 2. The molecule has 0 aliphatic rings. The van der Waals surface area contributed by atoms with Crippen molar-refractivity contribution < 1.29 is 35.9 Å². The van der Waals surface area contributed by atoms with E-state index >= 15 is 0 Å². The van der Waals surface area contributed by atoms with Crippen LogP contribution in [0.2, 0.25) is 0 Å². The largest absolute Gasteiger partial charge is 0.390 e. The summed E-state index contributed by atoms with van der Waals surface area (Å²) < 4.78 is 75.0. The lowest BCUT2D eigenvalue weighted by Crippen LogP contribution is -2.24. The SMILES string of the molecule is Cc1c(C(=O)NCc2nc3ccc(CNC(=O)CCC(F)(F)F)cc3[nH]2)cnn1CCC(F)(F)F. The van der Waals surface area contributed by atoms with Gasteiger partial charge in [-0.25, -0.2) is 4.98 Å². The summed E-state index contributed by atoms with van der Waals surface area (Å²) in [6.45, 7) is 1.15. The van der Waals surface area contributed by atoms with Crippen LogP contribution in [-0.2, 0) is 24.4 Å². The average Bonchev–Trinajstić information content (AvgIpc) is 3.34. The molecular weight excluding hydrogens is 482 g/mol. The molecule has 8 nitrogen and oxygen atoms in total. The molecule has 0 radical (unpaired) electrons. The molecule has 0 spiro atoms. The van der Waals surface area contributed by atoms with Gasteiger partial charge in [0.1, 0.15) is 5.82 Å². The highest BCUT2D eigenvalue weighted by atomic mass is 19.4. The number of alkyl halides is 6. The summed E-state index contributed by atoms with van der Waals surface area (Å²) in [6.07, 6.45) is -10.4. The molecule has 35 heavy (non-hydrogen) atoms. The van der Waals surface area contributed by atoms with E-state index in [0.717, 1.165) is 4.68 Å². The van der Waals surface area contributed by atoms with E-state index in [1.807, 2.05) is 0 Å². The summed E-state index contributed by atoms with van der Waals surface area (Å²) >= 11 is 0. The van der Waals surface area contributed by atoms with Crippen molar-refractivity contribution in [2.75, 3.05) is 0 Å². The monoisotopic (exact) mass is 504 g/mol. The van der Waals surface area contributed by atoms with Gasteiger partial charge in [0.25, 0.3) is 5.91 Å². The minimum absolute atomic E-state index is 0.00416. The number of aromatic nitrogens is 4. The number of benzene rings is 1. The fourth-order valence-electron chi connectivity index (χ4n) is 3.23. The molecule has 0 atom stereocenters. The minimum Gasteiger partial charge on any atom is -0.352 e. The zero-order valence-corrected chi connectivity index (χ0v) is 18.5. The van der Waals surface area contributed by atoms with Crippen LogP contribution in [0.3, 0.4) is 0 Å². The van der Waals surface area contributed by atoms with E-state index in [4.69, 9.17) is 0 Å². The van der Waals surface area contributed by atoms with Crippen LogP contribution in [0, 0.1) is 6.92 Å². The summed E-state index contributed by atoms with van der Waals surface area (Å²) in [6, 6.07) is 4.99. The first kappa shape index (κ1) is 26.0. The number of amides is 2. The summed E-state index contributed by atoms with van der Waals surface area (Å²) in [7, 11) is 0. The topological polar surface area (TPSA) is 105 Å². The van der Waals surface area contributed by atoms with Gasteiger partial charge in [0.15, 0.2) is 0 Å². The number of aryl methyl sites for hydroxylation is 1. The summed E-state index contributed by atoms with van der Waals surface area (Å²) in [5, 5.41) is 8.89. The fourth-order valence-corrected chi connectivity index (χ4v) is 3.23. The Morgan fingerprint density at radius 3 is 2.43 bits per heavy atom. The second-order valence-corrected chi connectivity index (χ2v) is 7.84. The summed E-state index contributed by atoms with van der Waals surface area (Å²) in [5.41, 5.74) is 2.24. The molecule has 190 valence electrons. The Kier molecular flexibility index (Phi) is 7.70. The number of imidazole rings is 1. The fraction of sp³-hybridized carbons (Fsp3) is 0.429. The van der Waals surface area contributed by atoms with E-state index < -0.39 is 50.0 Å². The van der Waals surface area contributed by atoms with Gasteiger partial charge in [-0.1, -0.05) is 6.07 Å². The highest BCUT2D eigenvalue weighted by Crippen LogP contribution is 2.22. The van der Waals surface area contributed by atoms with Crippen molar-refractivity contribution in [3.63, 3.8) is 0 Å². The first-order chi connectivity index (χ1) is 16.3. The molecule has 2 amide bonds. The van der Waals surface area contributed by atoms with Crippen LogP contribution in [0.1, 0.15) is 46.7 Å². The van der Waals surface area contributed by atoms with Gasteiger partial charge in [-0.15, -0.1) is 0 Å². The van der Waals surface area contributed by atoms with Crippen LogP contribution in [0.15, 0.2) is 24.4 Å². The van der Waals surface area contributed by atoms with Crippen LogP contribution in [0.25, 0.3) is 11.0 Å². The standard InChI is InChI=1S/C21H22F6N6O2/c1-12-14(10-30-33(12)7-6-21(25,26)27)19(35)29-11-17-31-15-3-2-13(8-16(15)32-17)9-28-18(34)4-5-20(22,23)24/h2-3,8,10H,4-7,9,11H2,1H3,(H,28,34)(H,29,35)(H,31,32). The van der Waals surface area contributed by atoms with Gasteiger partial charge >= 0.3 is 12.4 Å². The number of nitrogens with zero attached hydrogens (tertiary/aromatic N) is 3. The normalized spacial score (nSPS) is 12.2. The van der Waals surface area contributed by atoms with Gasteiger partial charge in [0.2, 0.25) is 5.91 Å².